The van der Waals surface area contributed by atoms with Gasteiger partial charge in [0.2, 0.25) is 11.9 Å². The Hall–Kier alpha value is -2.54. The van der Waals surface area contributed by atoms with Gasteiger partial charge in [0.25, 0.3) is 0 Å². The van der Waals surface area contributed by atoms with E-state index in [2.05, 4.69) is 4.98 Å². The lowest BCUT2D eigenvalue weighted by Crippen LogP contribution is -2.29. The minimum atomic E-state index is -0.294. The molecule has 3 rings (SSSR count). The summed E-state index contributed by atoms with van der Waals surface area (Å²) < 4.78 is 18.7. The third-order valence-corrected chi connectivity index (χ3v) is 4.79. The molecule has 1 saturated heterocycles. The van der Waals surface area contributed by atoms with Gasteiger partial charge in [-0.1, -0.05) is 12.1 Å². The van der Waals surface area contributed by atoms with Crippen molar-refractivity contribution >= 4 is 11.9 Å². The zero-order valence-corrected chi connectivity index (χ0v) is 16.0. The van der Waals surface area contributed by atoms with Crippen LogP contribution < -0.4 is 4.90 Å². The molecule has 0 N–H and O–H groups in total. The van der Waals surface area contributed by atoms with Crippen molar-refractivity contribution in [1.82, 2.24) is 14.9 Å². The van der Waals surface area contributed by atoms with Crippen molar-refractivity contribution in [3.63, 3.8) is 0 Å². The number of benzene rings is 1. The smallest absolute Gasteiger partial charge is 0.225 e. The highest BCUT2D eigenvalue weighted by Crippen LogP contribution is 2.34. The van der Waals surface area contributed by atoms with Crippen molar-refractivity contribution in [3.8, 4) is 11.1 Å². The maximum absolute atomic E-state index is 13.7. The summed E-state index contributed by atoms with van der Waals surface area (Å²) in [4.78, 5) is 25.2. The summed E-state index contributed by atoms with van der Waals surface area (Å²) in [7, 11) is 5.36. The fourth-order valence-corrected chi connectivity index (χ4v) is 3.35. The number of nitrogens with zero attached hydrogens (tertiary/aromatic N) is 4. The number of halogens is 1. The zero-order chi connectivity index (χ0) is 19.4. The maximum Gasteiger partial charge on any atom is 0.225 e. The molecule has 1 aromatic carbocycles. The summed E-state index contributed by atoms with van der Waals surface area (Å²) in [5.74, 6) is 0.497. The molecule has 0 bridgehead atoms. The van der Waals surface area contributed by atoms with E-state index in [9.17, 15) is 9.18 Å². The normalized spacial score (nSPS) is 16.6. The first-order valence-electron chi connectivity index (χ1n) is 9.06. The summed E-state index contributed by atoms with van der Waals surface area (Å²) >= 11 is 0. The lowest BCUT2D eigenvalue weighted by atomic mass is 9.96. The average molecular weight is 372 g/mol. The number of hydrogen-bond donors (Lipinski definition) is 0. The summed E-state index contributed by atoms with van der Waals surface area (Å²) in [6.07, 6.45) is 2.96. The molecule has 1 fully saturated rings. The number of likely N-dealkylation sites (tertiary alicyclic amines) is 1. The third kappa shape index (κ3) is 4.42. The second-order valence-corrected chi connectivity index (χ2v) is 6.94. The van der Waals surface area contributed by atoms with E-state index < -0.39 is 0 Å². The Balaban J connectivity index is 1.91. The van der Waals surface area contributed by atoms with Crippen molar-refractivity contribution in [3.05, 3.63) is 42.0 Å². The molecule has 1 aromatic heterocycles. The lowest BCUT2D eigenvalue weighted by molar-refractivity contribution is -0.131. The molecule has 1 aliphatic heterocycles. The van der Waals surface area contributed by atoms with Gasteiger partial charge in [-0.15, -0.1) is 0 Å². The van der Waals surface area contributed by atoms with E-state index in [1.54, 1.807) is 19.4 Å². The molecule has 1 atom stereocenters. The highest BCUT2D eigenvalue weighted by atomic mass is 19.1. The van der Waals surface area contributed by atoms with E-state index in [-0.39, 0.29) is 17.6 Å². The largest absolute Gasteiger partial charge is 0.384 e. The van der Waals surface area contributed by atoms with Crippen LogP contribution >= 0.6 is 0 Å². The number of methoxy groups -OCH3 is 1. The molecule has 0 spiro atoms. The van der Waals surface area contributed by atoms with Crippen LogP contribution in [0, 0.1) is 5.82 Å². The molecule has 144 valence electrons. The van der Waals surface area contributed by atoms with E-state index in [1.165, 1.54) is 12.1 Å². The van der Waals surface area contributed by atoms with Crippen LogP contribution in [0.3, 0.4) is 0 Å². The first-order chi connectivity index (χ1) is 13.0. The number of carbonyl (C=O) groups excluding carboxylic acids is 1. The maximum atomic E-state index is 13.7. The van der Waals surface area contributed by atoms with Gasteiger partial charge in [0, 0.05) is 52.0 Å². The van der Waals surface area contributed by atoms with Crippen molar-refractivity contribution in [1.29, 1.82) is 0 Å². The number of hydrogen-bond acceptors (Lipinski definition) is 5. The summed E-state index contributed by atoms with van der Waals surface area (Å²) in [5.41, 5.74) is 2.43. The Kier molecular flexibility index (Phi) is 6.01. The van der Waals surface area contributed by atoms with Gasteiger partial charge in [-0.05, 0) is 24.1 Å². The minimum absolute atomic E-state index is 0.0912. The van der Waals surface area contributed by atoms with Crippen LogP contribution in [0.2, 0.25) is 0 Å². The van der Waals surface area contributed by atoms with Crippen molar-refractivity contribution < 1.29 is 13.9 Å². The molecule has 27 heavy (non-hydrogen) atoms. The van der Waals surface area contributed by atoms with Gasteiger partial charge in [-0.25, -0.2) is 14.4 Å². The Morgan fingerprint density at radius 3 is 2.93 bits per heavy atom. The van der Waals surface area contributed by atoms with Gasteiger partial charge in [0.1, 0.15) is 5.82 Å². The molecule has 0 radical (unpaired) electrons. The molecule has 1 aliphatic rings. The predicted octanol–water partition coefficient (Wildman–Crippen LogP) is 2.70. The third-order valence-electron chi connectivity index (χ3n) is 4.79. The first-order valence-corrected chi connectivity index (χ1v) is 9.06. The van der Waals surface area contributed by atoms with Gasteiger partial charge < -0.3 is 14.5 Å². The van der Waals surface area contributed by atoms with Crippen molar-refractivity contribution in [2.24, 2.45) is 0 Å². The van der Waals surface area contributed by atoms with Gasteiger partial charge >= 0.3 is 0 Å². The summed E-state index contributed by atoms with van der Waals surface area (Å²) in [6, 6.07) is 6.46. The van der Waals surface area contributed by atoms with Gasteiger partial charge in [0.15, 0.2) is 0 Å². The monoisotopic (exact) mass is 372 g/mol. The van der Waals surface area contributed by atoms with E-state index in [1.807, 2.05) is 30.0 Å². The quantitative estimate of drug-likeness (QED) is 0.780. The van der Waals surface area contributed by atoms with Crippen LogP contribution in [0.1, 0.15) is 24.5 Å². The zero-order valence-electron chi connectivity index (χ0n) is 16.0. The van der Waals surface area contributed by atoms with Crippen LogP contribution in [0.25, 0.3) is 11.1 Å². The second kappa shape index (κ2) is 8.43. The van der Waals surface area contributed by atoms with Crippen LogP contribution in [-0.2, 0) is 9.53 Å². The topological polar surface area (TPSA) is 58.6 Å². The fourth-order valence-electron chi connectivity index (χ4n) is 3.35. The standard InChI is InChI=1S/C20H25FN4O2/c1-24(2)20-22-12-17(14-5-4-6-16(21)11-14)19(23-20)15-7-9-25(13-15)18(26)8-10-27-3/h4-6,11-12,15H,7-10,13H2,1-3H3/t15-/m0/s1. The SMILES string of the molecule is COCCC(=O)N1CC[C@H](c2nc(N(C)C)ncc2-c2cccc(F)c2)C1. The van der Waals surface area contributed by atoms with Gasteiger partial charge in [0.05, 0.1) is 18.7 Å². The van der Waals surface area contributed by atoms with Crippen LogP contribution in [0.4, 0.5) is 10.3 Å². The lowest BCUT2D eigenvalue weighted by Gasteiger charge is -2.19. The molecule has 2 heterocycles. The van der Waals surface area contributed by atoms with E-state index in [0.29, 0.717) is 32.1 Å². The molecule has 0 unspecified atom stereocenters. The highest BCUT2D eigenvalue weighted by molar-refractivity contribution is 5.77. The molecule has 6 nitrogen and oxygen atoms in total. The Bertz CT molecular complexity index is 812. The number of anilines is 1. The van der Waals surface area contributed by atoms with Gasteiger partial charge in [-0.2, -0.15) is 0 Å². The highest BCUT2D eigenvalue weighted by Gasteiger charge is 2.30. The number of aromatic nitrogens is 2. The molecular weight excluding hydrogens is 347 g/mol. The van der Waals surface area contributed by atoms with E-state index >= 15 is 0 Å². The number of carbonyl (C=O) groups is 1. The molecule has 7 heteroatoms. The molecule has 2 aromatic rings. The van der Waals surface area contributed by atoms with E-state index in [0.717, 1.165) is 23.2 Å². The molecule has 0 saturated carbocycles. The minimum Gasteiger partial charge on any atom is -0.384 e. The van der Waals surface area contributed by atoms with Crippen molar-refractivity contribution in [2.75, 3.05) is 45.8 Å². The second-order valence-electron chi connectivity index (χ2n) is 6.94. The van der Waals surface area contributed by atoms with Gasteiger partial charge in [-0.3, -0.25) is 4.79 Å². The van der Waals surface area contributed by atoms with Crippen molar-refractivity contribution in [2.45, 2.75) is 18.8 Å². The van der Waals surface area contributed by atoms with Crippen LogP contribution in [0.5, 0.6) is 0 Å². The summed E-state index contributed by atoms with van der Waals surface area (Å²) in [5, 5.41) is 0. The van der Waals surface area contributed by atoms with Crippen LogP contribution in [-0.4, -0.2) is 61.7 Å². The molecule has 1 amide bonds. The molecular formula is C20H25FN4O2. The Morgan fingerprint density at radius 1 is 1.41 bits per heavy atom. The predicted molar refractivity (Wildman–Crippen MR) is 102 cm³/mol. The number of ether oxygens (including phenoxy) is 1. The Morgan fingerprint density at radius 2 is 2.22 bits per heavy atom. The number of rotatable bonds is 6. The van der Waals surface area contributed by atoms with Crippen LogP contribution in [0.15, 0.2) is 30.5 Å². The number of amides is 1. The average Bonchev–Trinajstić information content (AvgIpc) is 3.15. The summed E-state index contributed by atoms with van der Waals surface area (Å²) in [6.45, 7) is 1.72. The molecule has 0 aliphatic carbocycles. The first kappa shape index (κ1) is 19.2. The van der Waals surface area contributed by atoms with E-state index in [4.69, 9.17) is 9.72 Å². The fraction of sp³-hybridized carbons (Fsp3) is 0.450. The Labute approximate surface area is 159 Å².